The minimum Gasteiger partial charge on any atom is -0.494 e. The Bertz CT molecular complexity index is 443. The van der Waals surface area contributed by atoms with E-state index >= 15 is 0 Å². The van der Waals surface area contributed by atoms with E-state index in [-0.39, 0.29) is 6.04 Å². The standard InChI is InChI=1S/C15H22N2O3/c1-4-10-20-13-8-6-12(7-9-13)17-15(19)14(18)16-11(3)5-2/h6-9,11H,4-5,10H2,1-3H3,(H,16,18)(H,17,19)/t11-/m1/s1. The molecule has 2 N–H and O–H groups in total. The van der Waals surface area contributed by atoms with Gasteiger partial charge in [0.15, 0.2) is 0 Å². The maximum Gasteiger partial charge on any atom is 0.313 e. The first-order valence-electron chi connectivity index (χ1n) is 6.91. The van der Waals surface area contributed by atoms with E-state index in [1.807, 2.05) is 20.8 Å². The van der Waals surface area contributed by atoms with Gasteiger partial charge in [0.25, 0.3) is 0 Å². The van der Waals surface area contributed by atoms with Crippen LogP contribution >= 0.6 is 0 Å². The SMILES string of the molecule is CCCOc1ccc(NC(=O)C(=O)N[C@H](C)CC)cc1. The molecule has 1 aromatic carbocycles. The van der Waals surface area contributed by atoms with Crippen molar-refractivity contribution in [3.8, 4) is 5.75 Å². The van der Waals surface area contributed by atoms with E-state index in [1.165, 1.54) is 0 Å². The van der Waals surface area contributed by atoms with Crippen LogP contribution in [0.2, 0.25) is 0 Å². The Labute approximate surface area is 119 Å². The average Bonchev–Trinajstić information content (AvgIpc) is 2.46. The molecular weight excluding hydrogens is 256 g/mol. The van der Waals surface area contributed by atoms with E-state index in [1.54, 1.807) is 24.3 Å². The molecule has 0 aliphatic rings. The van der Waals surface area contributed by atoms with Crippen molar-refractivity contribution in [2.45, 2.75) is 39.7 Å². The Morgan fingerprint density at radius 3 is 2.35 bits per heavy atom. The van der Waals surface area contributed by atoms with Gasteiger partial charge in [-0.1, -0.05) is 13.8 Å². The molecule has 1 rings (SSSR count). The van der Waals surface area contributed by atoms with Crippen LogP contribution in [0.15, 0.2) is 24.3 Å². The summed E-state index contributed by atoms with van der Waals surface area (Å²) in [4.78, 5) is 23.2. The van der Waals surface area contributed by atoms with Gasteiger partial charge in [0, 0.05) is 11.7 Å². The smallest absolute Gasteiger partial charge is 0.313 e. The topological polar surface area (TPSA) is 67.4 Å². The lowest BCUT2D eigenvalue weighted by Crippen LogP contribution is -2.40. The molecule has 20 heavy (non-hydrogen) atoms. The molecule has 5 nitrogen and oxygen atoms in total. The zero-order valence-electron chi connectivity index (χ0n) is 12.2. The zero-order valence-corrected chi connectivity index (χ0v) is 12.2. The van der Waals surface area contributed by atoms with E-state index in [0.29, 0.717) is 12.3 Å². The van der Waals surface area contributed by atoms with Gasteiger partial charge in [-0.25, -0.2) is 0 Å². The van der Waals surface area contributed by atoms with Gasteiger partial charge in [-0.3, -0.25) is 9.59 Å². The number of hydrogen-bond acceptors (Lipinski definition) is 3. The minimum atomic E-state index is -0.660. The summed E-state index contributed by atoms with van der Waals surface area (Å²) < 4.78 is 5.44. The average molecular weight is 278 g/mol. The predicted molar refractivity (Wildman–Crippen MR) is 78.8 cm³/mol. The van der Waals surface area contributed by atoms with Gasteiger partial charge >= 0.3 is 11.8 Å². The summed E-state index contributed by atoms with van der Waals surface area (Å²) in [5.74, 6) is -0.535. The first-order valence-corrected chi connectivity index (χ1v) is 6.91. The quantitative estimate of drug-likeness (QED) is 0.785. The zero-order chi connectivity index (χ0) is 15.0. The van der Waals surface area contributed by atoms with Gasteiger partial charge < -0.3 is 15.4 Å². The van der Waals surface area contributed by atoms with Crippen molar-refractivity contribution in [1.82, 2.24) is 5.32 Å². The molecule has 110 valence electrons. The molecule has 0 spiro atoms. The minimum absolute atomic E-state index is 0.0157. The van der Waals surface area contributed by atoms with Crippen LogP contribution in [0.4, 0.5) is 5.69 Å². The molecule has 0 radical (unpaired) electrons. The third-order valence-corrected chi connectivity index (χ3v) is 2.78. The molecule has 5 heteroatoms. The Balaban J connectivity index is 2.51. The fourth-order valence-corrected chi connectivity index (χ4v) is 1.43. The normalized spacial score (nSPS) is 11.6. The van der Waals surface area contributed by atoms with Gasteiger partial charge in [0.2, 0.25) is 0 Å². The van der Waals surface area contributed by atoms with Crippen molar-refractivity contribution < 1.29 is 14.3 Å². The van der Waals surface area contributed by atoms with Crippen LogP contribution in [0, 0.1) is 0 Å². The number of carbonyl (C=O) groups excluding carboxylic acids is 2. The first-order chi connectivity index (χ1) is 9.56. The number of anilines is 1. The Kier molecular flexibility index (Phi) is 6.56. The molecule has 0 aromatic heterocycles. The number of ether oxygens (including phenoxy) is 1. The van der Waals surface area contributed by atoms with Crippen LogP contribution in [0.5, 0.6) is 5.75 Å². The maximum absolute atomic E-state index is 11.7. The third-order valence-electron chi connectivity index (χ3n) is 2.78. The third kappa shape index (κ3) is 5.30. The predicted octanol–water partition coefficient (Wildman–Crippen LogP) is 2.33. The summed E-state index contributed by atoms with van der Waals surface area (Å²) in [6.45, 7) is 6.48. The van der Waals surface area contributed by atoms with E-state index < -0.39 is 11.8 Å². The number of benzene rings is 1. The lowest BCUT2D eigenvalue weighted by molar-refractivity contribution is -0.136. The molecule has 0 heterocycles. The van der Waals surface area contributed by atoms with E-state index in [4.69, 9.17) is 4.74 Å². The van der Waals surface area contributed by atoms with Crippen molar-refractivity contribution >= 4 is 17.5 Å². The van der Waals surface area contributed by atoms with Crippen molar-refractivity contribution in [2.75, 3.05) is 11.9 Å². The van der Waals surface area contributed by atoms with E-state index in [0.717, 1.165) is 18.6 Å². The molecule has 1 atom stereocenters. The number of hydrogen-bond donors (Lipinski definition) is 2. The Morgan fingerprint density at radius 1 is 1.15 bits per heavy atom. The van der Waals surface area contributed by atoms with Gasteiger partial charge in [-0.05, 0) is 44.0 Å². The van der Waals surface area contributed by atoms with Crippen molar-refractivity contribution in [1.29, 1.82) is 0 Å². The van der Waals surface area contributed by atoms with Crippen LogP contribution in [-0.4, -0.2) is 24.5 Å². The second-order valence-corrected chi connectivity index (χ2v) is 4.61. The monoisotopic (exact) mass is 278 g/mol. The highest BCUT2D eigenvalue weighted by Gasteiger charge is 2.15. The van der Waals surface area contributed by atoms with Crippen LogP contribution in [0.3, 0.4) is 0 Å². The van der Waals surface area contributed by atoms with Crippen LogP contribution < -0.4 is 15.4 Å². The fraction of sp³-hybridized carbons (Fsp3) is 0.467. The number of rotatable bonds is 6. The summed E-state index contributed by atoms with van der Waals surface area (Å²) in [7, 11) is 0. The van der Waals surface area contributed by atoms with Crippen molar-refractivity contribution in [2.24, 2.45) is 0 Å². The second kappa shape index (κ2) is 8.19. The molecule has 0 bridgehead atoms. The molecule has 1 aromatic rings. The van der Waals surface area contributed by atoms with Gasteiger partial charge in [-0.2, -0.15) is 0 Å². The molecule has 0 saturated carbocycles. The highest BCUT2D eigenvalue weighted by molar-refractivity contribution is 6.39. The first kappa shape index (κ1) is 16.0. The van der Waals surface area contributed by atoms with Crippen molar-refractivity contribution in [3.05, 3.63) is 24.3 Å². The molecule has 0 aliphatic heterocycles. The van der Waals surface area contributed by atoms with Gasteiger partial charge in [0.05, 0.1) is 6.61 Å². The number of carbonyl (C=O) groups is 2. The molecule has 0 fully saturated rings. The highest BCUT2D eigenvalue weighted by atomic mass is 16.5. The lowest BCUT2D eigenvalue weighted by atomic mass is 10.2. The number of nitrogens with one attached hydrogen (secondary N) is 2. The van der Waals surface area contributed by atoms with Crippen LogP contribution in [-0.2, 0) is 9.59 Å². The molecular formula is C15H22N2O3. The summed E-state index contributed by atoms with van der Waals surface area (Å²) in [5, 5.41) is 5.16. The maximum atomic E-state index is 11.7. The summed E-state index contributed by atoms with van der Waals surface area (Å²) in [6, 6.07) is 6.92. The molecule has 2 amide bonds. The van der Waals surface area contributed by atoms with E-state index in [2.05, 4.69) is 10.6 Å². The molecule has 0 unspecified atom stereocenters. The summed E-state index contributed by atoms with van der Waals surface area (Å²) in [6.07, 6.45) is 1.72. The van der Waals surface area contributed by atoms with Gasteiger partial charge in [0.1, 0.15) is 5.75 Å². The lowest BCUT2D eigenvalue weighted by Gasteiger charge is -2.11. The van der Waals surface area contributed by atoms with Crippen molar-refractivity contribution in [3.63, 3.8) is 0 Å². The molecule has 0 saturated heterocycles. The second-order valence-electron chi connectivity index (χ2n) is 4.61. The largest absolute Gasteiger partial charge is 0.494 e. The Hall–Kier alpha value is -2.04. The highest BCUT2D eigenvalue weighted by Crippen LogP contribution is 2.15. The Morgan fingerprint density at radius 2 is 1.80 bits per heavy atom. The summed E-state index contributed by atoms with van der Waals surface area (Å²) in [5.41, 5.74) is 0.568. The van der Waals surface area contributed by atoms with Crippen LogP contribution in [0.1, 0.15) is 33.6 Å². The number of amides is 2. The van der Waals surface area contributed by atoms with Crippen LogP contribution in [0.25, 0.3) is 0 Å². The van der Waals surface area contributed by atoms with Gasteiger partial charge in [-0.15, -0.1) is 0 Å². The fourth-order valence-electron chi connectivity index (χ4n) is 1.43. The van der Waals surface area contributed by atoms with E-state index in [9.17, 15) is 9.59 Å². The molecule has 0 aliphatic carbocycles. The summed E-state index contributed by atoms with van der Waals surface area (Å²) >= 11 is 0.